The molecular formula is C14H16N2. The molecule has 0 radical (unpaired) electrons. The Morgan fingerprint density at radius 1 is 1.00 bits per heavy atom. The number of benzene rings is 1. The standard InChI is InChI=1S/C14H16N2/c1-3-11-4-6-12(7-5-11)13-8-9-14(15-2)16-10-13/h4-10H,3H2,1-2H3,(H,15,16). The molecular weight excluding hydrogens is 196 g/mol. The molecule has 0 aliphatic carbocycles. The third-order valence-corrected chi connectivity index (χ3v) is 2.72. The molecule has 0 unspecified atom stereocenters. The molecule has 82 valence electrons. The van der Waals surface area contributed by atoms with Gasteiger partial charge in [0.25, 0.3) is 0 Å². The van der Waals surface area contributed by atoms with E-state index in [1.54, 1.807) is 0 Å². The van der Waals surface area contributed by atoms with Gasteiger partial charge in [0.05, 0.1) is 0 Å². The Labute approximate surface area is 96.4 Å². The Morgan fingerprint density at radius 2 is 1.69 bits per heavy atom. The summed E-state index contributed by atoms with van der Waals surface area (Å²) in [5, 5.41) is 3.01. The molecule has 0 spiro atoms. The summed E-state index contributed by atoms with van der Waals surface area (Å²) < 4.78 is 0. The van der Waals surface area contributed by atoms with Crippen molar-refractivity contribution in [3.05, 3.63) is 48.2 Å². The van der Waals surface area contributed by atoms with E-state index in [-0.39, 0.29) is 0 Å². The van der Waals surface area contributed by atoms with Gasteiger partial charge in [-0.2, -0.15) is 0 Å². The maximum absolute atomic E-state index is 4.31. The molecule has 0 fully saturated rings. The van der Waals surface area contributed by atoms with E-state index in [1.165, 1.54) is 11.1 Å². The molecule has 0 atom stereocenters. The van der Waals surface area contributed by atoms with E-state index < -0.39 is 0 Å². The highest BCUT2D eigenvalue weighted by Gasteiger charge is 1.98. The van der Waals surface area contributed by atoms with Gasteiger partial charge < -0.3 is 5.32 Å². The molecule has 1 aromatic carbocycles. The summed E-state index contributed by atoms with van der Waals surface area (Å²) in [7, 11) is 1.87. The van der Waals surface area contributed by atoms with Crippen LogP contribution in [0.2, 0.25) is 0 Å². The molecule has 2 rings (SSSR count). The number of aromatic nitrogens is 1. The van der Waals surface area contributed by atoms with Crippen LogP contribution in [0.1, 0.15) is 12.5 Å². The average molecular weight is 212 g/mol. The molecule has 2 aromatic rings. The molecule has 0 aliphatic heterocycles. The Balaban J connectivity index is 2.28. The van der Waals surface area contributed by atoms with Crippen LogP contribution in [0, 0.1) is 0 Å². The van der Waals surface area contributed by atoms with Crippen LogP contribution < -0.4 is 5.32 Å². The van der Waals surface area contributed by atoms with Gasteiger partial charge in [-0.05, 0) is 29.7 Å². The van der Waals surface area contributed by atoms with Crippen molar-refractivity contribution < 1.29 is 0 Å². The van der Waals surface area contributed by atoms with Gasteiger partial charge >= 0.3 is 0 Å². The number of hydrogen-bond acceptors (Lipinski definition) is 2. The SMILES string of the molecule is CCc1ccc(-c2ccc(NC)nc2)cc1. The molecule has 2 heteroatoms. The van der Waals surface area contributed by atoms with Gasteiger partial charge in [0.2, 0.25) is 0 Å². The Kier molecular flexibility index (Phi) is 3.20. The smallest absolute Gasteiger partial charge is 0.125 e. The first kappa shape index (κ1) is 10.7. The van der Waals surface area contributed by atoms with E-state index in [4.69, 9.17) is 0 Å². The van der Waals surface area contributed by atoms with Gasteiger partial charge in [-0.25, -0.2) is 4.98 Å². The van der Waals surface area contributed by atoms with E-state index in [0.717, 1.165) is 17.8 Å². The second kappa shape index (κ2) is 4.79. The van der Waals surface area contributed by atoms with Crippen LogP contribution in [-0.2, 0) is 6.42 Å². The van der Waals surface area contributed by atoms with Crippen LogP contribution >= 0.6 is 0 Å². The summed E-state index contributed by atoms with van der Waals surface area (Å²) in [6.45, 7) is 2.16. The molecule has 0 saturated heterocycles. The number of hydrogen-bond donors (Lipinski definition) is 1. The molecule has 0 bridgehead atoms. The van der Waals surface area contributed by atoms with Gasteiger partial charge in [-0.3, -0.25) is 0 Å². The minimum absolute atomic E-state index is 0.897. The summed E-state index contributed by atoms with van der Waals surface area (Å²) in [6.07, 6.45) is 2.98. The van der Waals surface area contributed by atoms with Crippen molar-refractivity contribution >= 4 is 5.82 Å². The third-order valence-electron chi connectivity index (χ3n) is 2.72. The molecule has 0 amide bonds. The maximum Gasteiger partial charge on any atom is 0.125 e. The van der Waals surface area contributed by atoms with Crippen LogP contribution in [-0.4, -0.2) is 12.0 Å². The molecule has 2 nitrogen and oxygen atoms in total. The lowest BCUT2D eigenvalue weighted by Crippen LogP contribution is -1.91. The number of aryl methyl sites for hydroxylation is 1. The number of nitrogens with one attached hydrogen (secondary N) is 1. The fourth-order valence-electron chi connectivity index (χ4n) is 1.65. The number of nitrogens with zero attached hydrogens (tertiary/aromatic N) is 1. The summed E-state index contributed by atoms with van der Waals surface area (Å²) in [5.41, 5.74) is 3.73. The van der Waals surface area contributed by atoms with Crippen molar-refractivity contribution in [1.29, 1.82) is 0 Å². The zero-order valence-electron chi connectivity index (χ0n) is 9.70. The average Bonchev–Trinajstić information content (AvgIpc) is 2.39. The highest BCUT2D eigenvalue weighted by molar-refractivity contribution is 5.63. The Morgan fingerprint density at radius 3 is 2.19 bits per heavy atom. The lowest BCUT2D eigenvalue weighted by Gasteiger charge is -2.04. The van der Waals surface area contributed by atoms with Gasteiger partial charge in [-0.1, -0.05) is 31.2 Å². The van der Waals surface area contributed by atoms with Crippen molar-refractivity contribution in [2.75, 3.05) is 12.4 Å². The van der Waals surface area contributed by atoms with Gasteiger partial charge in [0, 0.05) is 18.8 Å². The van der Waals surface area contributed by atoms with E-state index in [9.17, 15) is 0 Å². The lowest BCUT2D eigenvalue weighted by molar-refractivity contribution is 1.14. The third kappa shape index (κ3) is 2.22. The maximum atomic E-state index is 4.31. The van der Waals surface area contributed by atoms with Crippen molar-refractivity contribution in [1.82, 2.24) is 4.98 Å². The number of pyridine rings is 1. The van der Waals surface area contributed by atoms with Crippen molar-refractivity contribution in [2.45, 2.75) is 13.3 Å². The zero-order chi connectivity index (χ0) is 11.4. The van der Waals surface area contributed by atoms with E-state index >= 15 is 0 Å². The zero-order valence-corrected chi connectivity index (χ0v) is 9.70. The molecule has 0 saturated carbocycles. The second-order valence-electron chi connectivity index (χ2n) is 3.73. The largest absolute Gasteiger partial charge is 0.373 e. The topological polar surface area (TPSA) is 24.9 Å². The summed E-state index contributed by atoms with van der Waals surface area (Å²) in [6, 6.07) is 12.7. The minimum atomic E-state index is 0.897. The fraction of sp³-hybridized carbons (Fsp3) is 0.214. The number of anilines is 1. The predicted octanol–water partition coefficient (Wildman–Crippen LogP) is 3.35. The monoisotopic (exact) mass is 212 g/mol. The highest BCUT2D eigenvalue weighted by Crippen LogP contribution is 2.20. The lowest BCUT2D eigenvalue weighted by atomic mass is 10.0. The molecule has 0 aliphatic rings. The first-order valence-electron chi connectivity index (χ1n) is 5.56. The van der Waals surface area contributed by atoms with E-state index in [2.05, 4.69) is 47.6 Å². The Bertz CT molecular complexity index is 398. The Hall–Kier alpha value is -1.83. The normalized spacial score (nSPS) is 10.1. The van der Waals surface area contributed by atoms with E-state index in [1.807, 2.05) is 19.3 Å². The molecule has 16 heavy (non-hydrogen) atoms. The van der Waals surface area contributed by atoms with E-state index in [0.29, 0.717) is 0 Å². The molecule has 1 aromatic heterocycles. The summed E-state index contributed by atoms with van der Waals surface area (Å²) in [4.78, 5) is 4.31. The highest BCUT2D eigenvalue weighted by atomic mass is 14.9. The summed E-state index contributed by atoms with van der Waals surface area (Å²) >= 11 is 0. The van der Waals surface area contributed by atoms with Crippen LogP contribution in [0.25, 0.3) is 11.1 Å². The van der Waals surface area contributed by atoms with Crippen LogP contribution in [0.5, 0.6) is 0 Å². The van der Waals surface area contributed by atoms with Crippen LogP contribution in [0.3, 0.4) is 0 Å². The first-order chi connectivity index (χ1) is 7.83. The van der Waals surface area contributed by atoms with Crippen molar-refractivity contribution in [2.24, 2.45) is 0 Å². The minimum Gasteiger partial charge on any atom is -0.373 e. The number of rotatable bonds is 3. The molecule has 1 N–H and O–H groups in total. The van der Waals surface area contributed by atoms with Gasteiger partial charge in [0.15, 0.2) is 0 Å². The van der Waals surface area contributed by atoms with Crippen LogP contribution in [0.15, 0.2) is 42.6 Å². The van der Waals surface area contributed by atoms with Crippen molar-refractivity contribution in [3.63, 3.8) is 0 Å². The quantitative estimate of drug-likeness (QED) is 0.844. The van der Waals surface area contributed by atoms with Crippen LogP contribution in [0.4, 0.5) is 5.82 Å². The molecule has 1 heterocycles. The first-order valence-corrected chi connectivity index (χ1v) is 5.56. The summed E-state index contributed by atoms with van der Waals surface area (Å²) in [5.74, 6) is 0.897. The van der Waals surface area contributed by atoms with Gasteiger partial charge in [0.1, 0.15) is 5.82 Å². The second-order valence-corrected chi connectivity index (χ2v) is 3.73. The van der Waals surface area contributed by atoms with Gasteiger partial charge in [-0.15, -0.1) is 0 Å². The fourth-order valence-corrected chi connectivity index (χ4v) is 1.65. The van der Waals surface area contributed by atoms with Crippen molar-refractivity contribution in [3.8, 4) is 11.1 Å². The predicted molar refractivity (Wildman–Crippen MR) is 68.6 cm³/mol.